The number of methoxy groups -OCH3 is 1. The van der Waals surface area contributed by atoms with Gasteiger partial charge in [-0.15, -0.1) is 0 Å². The van der Waals surface area contributed by atoms with Crippen LogP contribution in [0.25, 0.3) is 0 Å². The summed E-state index contributed by atoms with van der Waals surface area (Å²) in [6.45, 7) is 2.36. The van der Waals surface area contributed by atoms with Crippen LogP contribution < -0.4 is 10.5 Å². The zero-order chi connectivity index (χ0) is 10.7. The first kappa shape index (κ1) is 10.5. The highest BCUT2D eigenvalue weighted by Crippen LogP contribution is 2.30. The molecular formula is C12H17NO2. The van der Waals surface area contributed by atoms with Gasteiger partial charge in [0.2, 0.25) is 0 Å². The lowest BCUT2D eigenvalue weighted by atomic mass is 9.85. The number of nitrogens with two attached hydrogens (primary N) is 1. The maximum atomic E-state index is 5.80. The molecule has 1 aromatic rings. The molecule has 1 heterocycles. The third kappa shape index (κ3) is 2.13. The molecule has 0 radical (unpaired) electrons. The molecule has 3 nitrogen and oxygen atoms in total. The first-order valence-corrected chi connectivity index (χ1v) is 5.27. The molecule has 1 aliphatic heterocycles. The summed E-state index contributed by atoms with van der Waals surface area (Å²) in [5.74, 6) is 1.90. The van der Waals surface area contributed by atoms with E-state index in [1.807, 2.05) is 12.1 Å². The lowest BCUT2D eigenvalue weighted by molar-refractivity contribution is -0.0437. The predicted molar refractivity (Wildman–Crippen MR) is 59.1 cm³/mol. The Labute approximate surface area is 90.2 Å². The molecule has 0 aromatic heterocycles. The fourth-order valence-electron chi connectivity index (χ4n) is 1.94. The highest BCUT2D eigenvalue weighted by atomic mass is 16.5. The molecule has 0 saturated carbocycles. The van der Waals surface area contributed by atoms with Gasteiger partial charge < -0.3 is 15.2 Å². The molecular weight excluding hydrogens is 190 g/mol. The van der Waals surface area contributed by atoms with E-state index in [-0.39, 0.29) is 0 Å². The van der Waals surface area contributed by atoms with Crippen LogP contribution in [0.15, 0.2) is 24.3 Å². The Hall–Kier alpha value is -1.06. The number of ether oxygens (including phenoxy) is 2. The second kappa shape index (κ2) is 4.64. The van der Waals surface area contributed by atoms with Crippen molar-refractivity contribution in [2.75, 3.05) is 26.9 Å². The molecule has 1 aliphatic rings. The average molecular weight is 207 g/mol. The van der Waals surface area contributed by atoms with E-state index >= 15 is 0 Å². The van der Waals surface area contributed by atoms with Crippen LogP contribution in [-0.2, 0) is 4.74 Å². The average Bonchev–Trinajstić information content (AvgIpc) is 2.23. The quantitative estimate of drug-likeness (QED) is 0.811. The van der Waals surface area contributed by atoms with Gasteiger partial charge in [0.25, 0.3) is 0 Å². The molecule has 3 heteroatoms. The van der Waals surface area contributed by atoms with E-state index in [1.165, 1.54) is 5.56 Å². The van der Waals surface area contributed by atoms with Crippen LogP contribution >= 0.6 is 0 Å². The minimum Gasteiger partial charge on any atom is -0.497 e. The maximum absolute atomic E-state index is 5.80. The lowest BCUT2D eigenvalue weighted by Gasteiger charge is -2.33. The minimum atomic E-state index is 0.421. The van der Waals surface area contributed by atoms with Gasteiger partial charge >= 0.3 is 0 Å². The highest BCUT2D eigenvalue weighted by Gasteiger charge is 2.28. The number of hydrogen-bond donors (Lipinski definition) is 1. The molecule has 0 aliphatic carbocycles. The molecule has 1 fully saturated rings. The van der Waals surface area contributed by atoms with Gasteiger partial charge in [-0.25, -0.2) is 0 Å². The standard InChI is InChI=1S/C12H17NO2/c1-14-11-4-2-9(3-5-11)12(6-13)10-7-15-8-10/h2-5,10,12H,6-8,13H2,1H3. The third-order valence-corrected chi connectivity index (χ3v) is 3.03. The van der Waals surface area contributed by atoms with Gasteiger partial charge in [0.15, 0.2) is 0 Å². The smallest absolute Gasteiger partial charge is 0.118 e. The Balaban J connectivity index is 2.11. The van der Waals surface area contributed by atoms with Crippen molar-refractivity contribution in [1.29, 1.82) is 0 Å². The number of hydrogen-bond acceptors (Lipinski definition) is 3. The fourth-order valence-corrected chi connectivity index (χ4v) is 1.94. The zero-order valence-electron chi connectivity index (χ0n) is 8.98. The summed E-state index contributed by atoms with van der Waals surface area (Å²) in [7, 11) is 1.68. The molecule has 2 rings (SSSR count). The molecule has 82 valence electrons. The van der Waals surface area contributed by atoms with Crippen molar-refractivity contribution in [3.63, 3.8) is 0 Å². The third-order valence-electron chi connectivity index (χ3n) is 3.03. The van der Waals surface area contributed by atoms with Crippen LogP contribution in [0.4, 0.5) is 0 Å². The van der Waals surface area contributed by atoms with Crippen LogP contribution in [0, 0.1) is 5.92 Å². The van der Waals surface area contributed by atoms with Gasteiger partial charge in [-0.05, 0) is 24.2 Å². The summed E-state index contributed by atoms with van der Waals surface area (Å²) in [6.07, 6.45) is 0. The molecule has 0 amide bonds. The summed E-state index contributed by atoms with van der Waals surface area (Å²) in [4.78, 5) is 0. The van der Waals surface area contributed by atoms with E-state index in [4.69, 9.17) is 15.2 Å². The topological polar surface area (TPSA) is 44.5 Å². The van der Waals surface area contributed by atoms with Gasteiger partial charge in [0.05, 0.1) is 20.3 Å². The molecule has 15 heavy (non-hydrogen) atoms. The first-order valence-electron chi connectivity index (χ1n) is 5.27. The monoisotopic (exact) mass is 207 g/mol. The van der Waals surface area contributed by atoms with E-state index in [0.29, 0.717) is 18.4 Å². The van der Waals surface area contributed by atoms with Gasteiger partial charge in [0, 0.05) is 11.8 Å². The Bertz CT molecular complexity index is 306. The van der Waals surface area contributed by atoms with Crippen LogP contribution in [0.3, 0.4) is 0 Å². The van der Waals surface area contributed by atoms with Gasteiger partial charge in [-0.2, -0.15) is 0 Å². The molecule has 1 saturated heterocycles. The fraction of sp³-hybridized carbons (Fsp3) is 0.500. The van der Waals surface area contributed by atoms with E-state index in [1.54, 1.807) is 7.11 Å². The maximum Gasteiger partial charge on any atom is 0.118 e. The van der Waals surface area contributed by atoms with Crippen LogP contribution in [0.1, 0.15) is 11.5 Å². The van der Waals surface area contributed by atoms with Crippen molar-refractivity contribution in [2.24, 2.45) is 11.7 Å². The van der Waals surface area contributed by atoms with Crippen molar-refractivity contribution < 1.29 is 9.47 Å². The molecule has 1 aromatic carbocycles. The largest absolute Gasteiger partial charge is 0.497 e. The Morgan fingerprint density at radius 1 is 1.40 bits per heavy atom. The van der Waals surface area contributed by atoms with Crippen molar-refractivity contribution in [3.8, 4) is 5.75 Å². The van der Waals surface area contributed by atoms with Crippen molar-refractivity contribution in [2.45, 2.75) is 5.92 Å². The summed E-state index contributed by atoms with van der Waals surface area (Å²) in [6, 6.07) is 8.15. The van der Waals surface area contributed by atoms with Crippen molar-refractivity contribution in [3.05, 3.63) is 29.8 Å². The van der Waals surface area contributed by atoms with Gasteiger partial charge in [-0.1, -0.05) is 12.1 Å². The molecule has 1 atom stereocenters. The first-order chi connectivity index (χ1) is 7.35. The normalized spacial score (nSPS) is 18.3. The SMILES string of the molecule is COc1ccc(C(CN)C2COC2)cc1. The van der Waals surface area contributed by atoms with Crippen molar-refractivity contribution in [1.82, 2.24) is 0 Å². The number of rotatable bonds is 4. The Morgan fingerprint density at radius 2 is 2.07 bits per heavy atom. The van der Waals surface area contributed by atoms with E-state index in [2.05, 4.69) is 12.1 Å². The molecule has 1 unspecified atom stereocenters. The minimum absolute atomic E-state index is 0.421. The van der Waals surface area contributed by atoms with Crippen LogP contribution in [-0.4, -0.2) is 26.9 Å². The molecule has 0 bridgehead atoms. The summed E-state index contributed by atoms with van der Waals surface area (Å²) in [5, 5.41) is 0. The Kier molecular flexibility index (Phi) is 3.23. The lowest BCUT2D eigenvalue weighted by Crippen LogP contribution is -2.36. The summed E-state index contributed by atoms with van der Waals surface area (Å²) >= 11 is 0. The Morgan fingerprint density at radius 3 is 2.47 bits per heavy atom. The van der Waals surface area contributed by atoms with E-state index < -0.39 is 0 Å². The second-order valence-corrected chi connectivity index (χ2v) is 3.91. The van der Waals surface area contributed by atoms with Gasteiger partial charge in [-0.3, -0.25) is 0 Å². The summed E-state index contributed by atoms with van der Waals surface area (Å²) in [5.41, 5.74) is 7.08. The number of benzene rings is 1. The molecule has 0 spiro atoms. The van der Waals surface area contributed by atoms with E-state index in [0.717, 1.165) is 19.0 Å². The van der Waals surface area contributed by atoms with Crippen LogP contribution in [0.5, 0.6) is 5.75 Å². The zero-order valence-corrected chi connectivity index (χ0v) is 8.98. The predicted octanol–water partition coefficient (Wildman–Crippen LogP) is 1.38. The van der Waals surface area contributed by atoms with E-state index in [9.17, 15) is 0 Å². The summed E-state index contributed by atoms with van der Waals surface area (Å²) < 4.78 is 10.3. The molecule has 2 N–H and O–H groups in total. The highest BCUT2D eigenvalue weighted by molar-refractivity contribution is 5.30. The second-order valence-electron chi connectivity index (χ2n) is 3.91. The van der Waals surface area contributed by atoms with Crippen LogP contribution in [0.2, 0.25) is 0 Å². The van der Waals surface area contributed by atoms with Crippen molar-refractivity contribution >= 4 is 0 Å². The van der Waals surface area contributed by atoms with Gasteiger partial charge in [0.1, 0.15) is 5.75 Å².